The Labute approximate surface area is 158 Å². The molecule has 152 valence electrons. The lowest BCUT2D eigenvalue weighted by molar-refractivity contribution is -0.153. The molecule has 1 heterocycles. The van der Waals surface area contributed by atoms with Gasteiger partial charge in [0.05, 0.1) is 31.1 Å². The molecular weight excluding hydrogens is 334 g/mol. The molecule has 0 spiro atoms. The average molecular weight is 372 g/mol. The molecule has 6 nitrogen and oxygen atoms in total. The van der Waals surface area contributed by atoms with Crippen LogP contribution in [0.15, 0.2) is 0 Å². The van der Waals surface area contributed by atoms with Gasteiger partial charge in [0, 0.05) is 0 Å². The lowest BCUT2D eigenvalue weighted by atomic mass is 9.72. The molecule has 1 saturated heterocycles. The fraction of sp³-hybridized carbons (Fsp3) is 0.900. The Morgan fingerprint density at radius 3 is 2.15 bits per heavy atom. The zero-order valence-electron chi connectivity index (χ0n) is 17.6. The average Bonchev–Trinajstić information content (AvgIpc) is 2.46. The lowest BCUT2D eigenvalue weighted by Gasteiger charge is -2.39. The van der Waals surface area contributed by atoms with Gasteiger partial charge >= 0.3 is 12.1 Å². The predicted octanol–water partition coefficient (Wildman–Crippen LogP) is 3.78. The highest BCUT2D eigenvalue weighted by molar-refractivity contribution is 5.73. The predicted molar refractivity (Wildman–Crippen MR) is 101 cm³/mol. The number of alkyl carbamates (subject to hydrolysis) is 1. The summed E-state index contributed by atoms with van der Waals surface area (Å²) in [5.74, 6) is -0.392. The summed E-state index contributed by atoms with van der Waals surface area (Å²) in [5, 5.41) is 2.63. The molecule has 1 fully saturated rings. The Morgan fingerprint density at radius 1 is 1.12 bits per heavy atom. The quantitative estimate of drug-likeness (QED) is 0.519. The van der Waals surface area contributed by atoms with E-state index in [2.05, 4.69) is 33.0 Å². The number of nitrogens with one attached hydrogen (secondary N) is 1. The third-order valence-electron chi connectivity index (χ3n) is 4.84. The first-order valence-electron chi connectivity index (χ1n) is 9.54. The fourth-order valence-electron chi connectivity index (χ4n) is 2.81. The molecule has 1 amide bonds. The number of ether oxygens (including phenoxy) is 3. The summed E-state index contributed by atoms with van der Waals surface area (Å²) >= 11 is 0. The molecule has 0 aromatic heterocycles. The van der Waals surface area contributed by atoms with Crippen molar-refractivity contribution in [3.63, 3.8) is 0 Å². The molecule has 1 unspecified atom stereocenters. The van der Waals surface area contributed by atoms with Gasteiger partial charge in [0.25, 0.3) is 0 Å². The van der Waals surface area contributed by atoms with Gasteiger partial charge in [-0.25, -0.2) is 4.79 Å². The van der Waals surface area contributed by atoms with Crippen molar-refractivity contribution in [2.75, 3.05) is 33.0 Å². The number of hydrogen-bond acceptors (Lipinski definition) is 5. The van der Waals surface area contributed by atoms with E-state index in [0.717, 1.165) is 12.8 Å². The summed E-state index contributed by atoms with van der Waals surface area (Å²) in [5.41, 5.74) is -0.160. The van der Waals surface area contributed by atoms with Crippen LogP contribution in [0.2, 0.25) is 0 Å². The summed E-state index contributed by atoms with van der Waals surface area (Å²) in [4.78, 5) is 24.2. The molecule has 1 aliphatic rings. The van der Waals surface area contributed by atoms with Crippen molar-refractivity contribution in [1.82, 2.24) is 5.32 Å². The van der Waals surface area contributed by atoms with Crippen LogP contribution in [-0.4, -0.2) is 45.0 Å². The normalized spacial score (nSPS) is 17.8. The van der Waals surface area contributed by atoms with Gasteiger partial charge in [-0.1, -0.05) is 48.5 Å². The van der Waals surface area contributed by atoms with Gasteiger partial charge in [0.1, 0.15) is 13.2 Å². The molecule has 1 rings (SSSR count). The molecular formula is C20H37NO5. The van der Waals surface area contributed by atoms with E-state index in [1.807, 2.05) is 20.8 Å². The number of carbonyl (C=O) groups excluding carboxylic acids is 2. The van der Waals surface area contributed by atoms with Crippen molar-refractivity contribution in [3.05, 3.63) is 0 Å². The van der Waals surface area contributed by atoms with Crippen molar-refractivity contribution >= 4 is 12.1 Å². The van der Waals surface area contributed by atoms with Crippen LogP contribution in [0, 0.1) is 22.2 Å². The standard InChI is InChI=1S/C20H37NO5/c1-8-20(12-24-13-20)14-26-17(23)21-9-10-25-16(22)15(19(5,6)7)11-18(2,3)4/h15H,8-14H2,1-7H3,(H,21,23). The Kier molecular flexibility index (Phi) is 7.93. The molecule has 0 radical (unpaired) electrons. The first kappa shape index (κ1) is 22.7. The van der Waals surface area contributed by atoms with Crippen LogP contribution < -0.4 is 5.32 Å². The lowest BCUT2D eigenvalue weighted by Crippen LogP contribution is -2.47. The Morgan fingerprint density at radius 2 is 1.73 bits per heavy atom. The van der Waals surface area contributed by atoms with Crippen LogP contribution in [0.1, 0.15) is 61.3 Å². The fourth-order valence-corrected chi connectivity index (χ4v) is 2.81. The number of hydrogen-bond donors (Lipinski definition) is 1. The first-order valence-corrected chi connectivity index (χ1v) is 9.54. The van der Waals surface area contributed by atoms with Crippen LogP contribution in [-0.2, 0) is 19.0 Å². The molecule has 0 saturated carbocycles. The van der Waals surface area contributed by atoms with Crippen molar-refractivity contribution in [2.24, 2.45) is 22.2 Å². The molecule has 1 atom stereocenters. The summed E-state index contributed by atoms with van der Waals surface area (Å²) < 4.78 is 15.8. The highest BCUT2D eigenvalue weighted by Crippen LogP contribution is 2.36. The minimum atomic E-state index is -0.483. The van der Waals surface area contributed by atoms with Gasteiger partial charge in [-0.2, -0.15) is 0 Å². The number of esters is 1. The molecule has 0 bridgehead atoms. The number of rotatable bonds is 8. The molecule has 0 aromatic rings. The van der Waals surface area contributed by atoms with Gasteiger partial charge in [0.15, 0.2) is 0 Å². The molecule has 6 heteroatoms. The van der Waals surface area contributed by atoms with Crippen LogP contribution in [0.3, 0.4) is 0 Å². The summed E-state index contributed by atoms with van der Waals surface area (Å²) in [6.07, 6.45) is 1.19. The summed E-state index contributed by atoms with van der Waals surface area (Å²) in [7, 11) is 0. The zero-order valence-corrected chi connectivity index (χ0v) is 17.6. The third-order valence-corrected chi connectivity index (χ3v) is 4.84. The van der Waals surface area contributed by atoms with Crippen molar-refractivity contribution in [3.8, 4) is 0 Å². The maximum Gasteiger partial charge on any atom is 0.407 e. The monoisotopic (exact) mass is 371 g/mol. The van der Waals surface area contributed by atoms with Crippen molar-refractivity contribution in [1.29, 1.82) is 0 Å². The van der Waals surface area contributed by atoms with E-state index in [-0.39, 0.29) is 41.3 Å². The van der Waals surface area contributed by atoms with E-state index in [0.29, 0.717) is 19.8 Å². The first-order chi connectivity index (χ1) is 11.9. The second-order valence-corrected chi connectivity index (χ2v) is 9.70. The second kappa shape index (κ2) is 9.07. The number of amides is 1. The van der Waals surface area contributed by atoms with E-state index in [9.17, 15) is 9.59 Å². The van der Waals surface area contributed by atoms with Gasteiger partial charge in [-0.05, 0) is 23.7 Å². The van der Waals surface area contributed by atoms with E-state index < -0.39 is 6.09 Å². The van der Waals surface area contributed by atoms with E-state index in [1.54, 1.807) is 0 Å². The highest BCUT2D eigenvalue weighted by atomic mass is 16.6. The molecule has 0 aliphatic carbocycles. The zero-order chi connectivity index (χ0) is 20.0. The molecule has 0 aromatic carbocycles. The highest BCUT2D eigenvalue weighted by Gasteiger charge is 2.38. The maximum atomic E-state index is 12.5. The Hall–Kier alpha value is -1.30. The Bertz CT molecular complexity index is 466. The summed E-state index contributed by atoms with van der Waals surface area (Å²) in [6.45, 7) is 16.6. The van der Waals surface area contributed by atoms with Crippen LogP contribution >= 0.6 is 0 Å². The Balaban J connectivity index is 2.32. The third kappa shape index (κ3) is 7.52. The van der Waals surface area contributed by atoms with Crippen molar-refractivity contribution < 1.29 is 23.8 Å². The van der Waals surface area contributed by atoms with Gasteiger partial charge in [-0.3, -0.25) is 4.79 Å². The van der Waals surface area contributed by atoms with Crippen LogP contribution in [0.25, 0.3) is 0 Å². The van der Waals surface area contributed by atoms with Gasteiger partial charge in [-0.15, -0.1) is 0 Å². The van der Waals surface area contributed by atoms with Crippen LogP contribution in [0.4, 0.5) is 4.79 Å². The molecule has 1 aliphatic heterocycles. The minimum Gasteiger partial charge on any atom is -0.464 e. The van der Waals surface area contributed by atoms with Gasteiger partial charge < -0.3 is 19.5 Å². The van der Waals surface area contributed by atoms with Crippen molar-refractivity contribution in [2.45, 2.75) is 61.3 Å². The topological polar surface area (TPSA) is 73.9 Å². The van der Waals surface area contributed by atoms with E-state index in [4.69, 9.17) is 14.2 Å². The summed E-state index contributed by atoms with van der Waals surface area (Å²) in [6, 6.07) is 0. The number of carbonyl (C=O) groups is 2. The second-order valence-electron chi connectivity index (χ2n) is 9.70. The maximum absolute atomic E-state index is 12.5. The van der Waals surface area contributed by atoms with E-state index >= 15 is 0 Å². The molecule has 1 N–H and O–H groups in total. The van der Waals surface area contributed by atoms with E-state index in [1.165, 1.54) is 0 Å². The molecule has 26 heavy (non-hydrogen) atoms. The SMILES string of the molecule is CCC1(COC(=O)NCCOC(=O)C(CC(C)(C)C)C(C)(C)C)COC1. The van der Waals surface area contributed by atoms with Crippen LogP contribution in [0.5, 0.6) is 0 Å². The van der Waals surface area contributed by atoms with Gasteiger partial charge in [0.2, 0.25) is 0 Å². The smallest absolute Gasteiger partial charge is 0.407 e. The largest absolute Gasteiger partial charge is 0.464 e. The minimum absolute atomic E-state index is 0.0311.